The highest BCUT2D eigenvalue weighted by Gasteiger charge is 2.46. The minimum absolute atomic E-state index is 0.117. The Morgan fingerprint density at radius 3 is 2.46 bits per heavy atom. The number of nitrogens with one attached hydrogen (secondary N) is 1. The lowest BCUT2D eigenvalue weighted by Crippen LogP contribution is -2.46. The number of hydrogen-bond donors (Lipinski definition) is 2. The first-order chi connectivity index (χ1) is 12.2. The predicted octanol–water partition coefficient (Wildman–Crippen LogP) is 4.11. The zero-order valence-corrected chi connectivity index (χ0v) is 15.9. The van der Waals surface area contributed by atoms with Crippen LogP contribution >= 0.6 is 0 Å². The molecule has 3 rings (SSSR count). The van der Waals surface area contributed by atoms with Gasteiger partial charge in [0, 0.05) is 6.54 Å². The summed E-state index contributed by atoms with van der Waals surface area (Å²) in [6.45, 7) is 5.51. The number of aliphatic carboxylic acids is 1. The third-order valence-corrected chi connectivity index (χ3v) is 5.40. The number of alkyl carbamates (subject to hydrolysis) is 1. The molecule has 0 radical (unpaired) electrons. The Labute approximate surface area is 155 Å². The lowest BCUT2D eigenvalue weighted by molar-refractivity contribution is -0.150. The quantitative estimate of drug-likeness (QED) is 0.768. The van der Waals surface area contributed by atoms with Gasteiger partial charge in [-0.25, -0.2) is 4.79 Å². The van der Waals surface area contributed by atoms with E-state index in [1.54, 1.807) is 20.8 Å². The zero-order valence-electron chi connectivity index (χ0n) is 15.9. The maximum absolute atomic E-state index is 12.3. The van der Waals surface area contributed by atoms with Gasteiger partial charge in [-0.2, -0.15) is 0 Å². The van der Waals surface area contributed by atoms with Gasteiger partial charge in [0.15, 0.2) is 0 Å². The van der Waals surface area contributed by atoms with Crippen molar-refractivity contribution in [3.8, 4) is 0 Å². The molecule has 0 aromatic heterocycles. The summed E-state index contributed by atoms with van der Waals surface area (Å²) in [6, 6.07) is 8.23. The summed E-state index contributed by atoms with van der Waals surface area (Å²) in [6.07, 6.45) is 3.73. The molecule has 2 atom stereocenters. The Morgan fingerprint density at radius 2 is 1.88 bits per heavy atom. The van der Waals surface area contributed by atoms with Crippen molar-refractivity contribution >= 4 is 12.1 Å². The van der Waals surface area contributed by atoms with Crippen molar-refractivity contribution in [1.29, 1.82) is 0 Å². The first-order valence-electron chi connectivity index (χ1n) is 9.47. The molecule has 5 heteroatoms. The van der Waals surface area contributed by atoms with E-state index in [9.17, 15) is 14.7 Å². The topological polar surface area (TPSA) is 75.6 Å². The minimum Gasteiger partial charge on any atom is -0.481 e. The molecule has 2 N–H and O–H groups in total. The molecular formula is C21H29NO4. The van der Waals surface area contributed by atoms with E-state index in [1.165, 1.54) is 11.1 Å². The molecule has 1 aromatic carbocycles. The molecule has 1 fully saturated rings. The van der Waals surface area contributed by atoms with E-state index >= 15 is 0 Å². The maximum atomic E-state index is 12.3. The number of rotatable bonds is 7. The van der Waals surface area contributed by atoms with Crippen LogP contribution in [0.4, 0.5) is 4.79 Å². The lowest BCUT2D eigenvalue weighted by Gasteiger charge is -2.38. The van der Waals surface area contributed by atoms with Crippen molar-refractivity contribution in [2.24, 2.45) is 11.3 Å². The number of carbonyl (C=O) groups is 2. The standard InChI is InChI=1S/C21H29NO4/c1-20(2,3)26-19(25)22-13-21(18(23)24,11-14-8-9-14)12-16-10-15-6-4-5-7-17(15)16/h4-7,14,16H,8-13H2,1-3H3,(H,22,25)(H,23,24). The van der Waals surface area contributed by atoms with Crippen molar-refractivity contribution < 1.29 is 19.4 Å². The Balaban J connectivity index is 1.72. The average molecular weight is 359 g/mol. The number of carboxylic acids is 1. The molecule has 1 saturated carbocycles. The predicted molar refractivity (Wildman–Crippen MR) is 99.2 cm³/mol. The maximum Gasteiger partial charge on any atom is 0.407 e. The molecule has 142 valence electrons. The minimum atomic E-state index is -0.934. The van der Waals surface area contributed by atoms with Gasteiger partial charge < -0.3 is 15.2 Å². The second-order valence-corrected chi connectivity index (χ2v) is 8.89. The van der Waals surface area contributed by atoms with Crippen LogP contribution in [0.1, 0.15) is 63.5 Å². The van der Waals surface area contributed by atoms with Crippen LogP contribution in [0.25, 0.3) is 0 Å². The normalized spacial score (nSPS) is 21.1. The summed E-state index contributed by atoms with van der Waals surface area (Å²) in [5, 5.41) is 12.8. The zero-order chi connectivity index (χ0) is 18.9. The van der Waals surface area contributed by atoms with Gasteiger partial charge >= 0.3 is 12.1 Å². The van der Waals surface area contributed by atoms with E-state index in [0.717, 1.165) is 19.3 Å². The van der Waals surface area contributed by atoms with Crippen LogP contribution in [0.3, 0.4) is 0 Å². The Kier molecular flexibility index (Phi) is 5.00. The molecule has 0 spiro atoms. The van der Waals surface area contributed by atoms with Crippen LogP contribution in [0.2, 0.25) is 0 Å². The fraction of sp³-hybridized carbons (Fsp3) is 0.619. The van der Waals surface area contributed by atoms with Crippen LogP contribution in [0, 0.1) is 11.3 Å². The summed E-state index contributed by atoms with van der Waals surface area (Å²) in [4.78, 5) is 24.3. The number of fused-ring (bicyclic) bond motifs is 1. The van der Waals surface area contributed by atoms with Crippen molar-refractivity contribution in [2.75, 3.05) is 6.54 Å². The highest BCUT2D eigenvalue weighted by atomic mass is 16.6. The van der Waals surface area contributed by atoms with Crippen molar-refractivity contribution in [1.82, 2.24) is 5.32 Å². The molecule has 26 heavy (non-hydrogen) atoms. The molecule has 5 nitrogen and oxygen atoms in total. The van der Waals surface area contributed by atoms with E-state index in [0.29, 0.717) is 18.8 Å². The fourth-order valence-corrected chi connectivity index (χ4v) is 3.92. The fourth-order valence-electron chi connectivity index (χ4n) is 3.92. The van der Waals surface area contributed by atoms with Gasteiger partial charge in [0.05, 0.1) is 5.41 Å². The number of carbonyl (C=O) groups excluding carboxylic acids is 1. The average Bonchev–Trinajstić information content (AvgIpc) is 3.32. The first-order valence-corrected chi connectivity index (χ1v) is 9.47. The largest absolute Gasteiger partial charge is 0.481 e. The second-order valence-electron chi connectivity index (χ2n) is 8.89. The van der Waals surface area contributed by atoms with Crippen molar-refractivity contribution in [3.05, 3.63) is 35.4 Å². The Hall–Kier alpha value is -2.04. The second kappa shape index (κ2) is 6.93. The van der Waals surface area contributed by atoms with E-state index in [4.69, 9.17) is 4.74 Å². The van der Waals surface area contributed by atoms with Gasteiger partial charge in [0.1, 0.15) is 5.60 Å². The molecule has 0 saturated heterocycles. The molecule has 1 amide bonds. The van der Waals surface area contributed by atoms with Gasteiger partial charge in [0.25, 0.3) is 0 Å². The SMILES string of the molecule is CC(C)(C)OC(=O)NCC(CC1CC1)(CC1Cc2ccccc21)C(=O)O. The van der Waals surface area contributed by atoms with Crippen LogP contribution in [0.15, 0.2) is 24.3 Å². The summed E-state index contributed by atoms with van der Waals surface area (Å²) >= 11 is 0. The van der Waals surface area contributed by atoms with Crippen molar-refractivity contribution in [3.63, 3.8) is 0 Å². The number of hydrogen-bond acceptors (Lipinski definition) is 3. The van der Waals surface area contributed by atoms with Crippen LogP contribution in [-0.2, 0) is 16.0 Å². The molecule has 0 aliphatic heterocycles. The van der Waals surface area contributed by atoms with Gasteiger partial charge in [-0.05, 0) is 63.0 Å². The summed E-state index contributed by atoms with van der Waals surface area (Å²) in [7, 11) is 0. The van der Waals surface area contributed by atoms with Crippen LogP contribution < -0.4 is 5.32 Å². The molecule has 0 bridgehead atoms. The van der Waals surface area contributed by atoms with Gasteiger partial charge in [-0.15, -0.1) is 0 Å². The van der Waals surface area contributed by atoms with E-state index in [1.807, 2.05) is 12.1 Å². The third-order valence-electron chi connectivity index (χ3n) is 5.40. The monoisotopic (exact) mass is 359 g/mol. The molecule has 0 heterocycles. The lowest BCUT2D eigenvalue weighted by atomic mass is 9.66. The van der Waals surface area contributed by atoms with E-state index < -0.39 is 23.1 Å². The van der Waals surface area contributed by atoms with Crippen LogP contribution in [0.5, 0.6) is 0 Å². The molecule has 2 aliphatic carbocycles. The van der Waals surface area contributed by atoms with E-state index in [2.05, 4.69) is 17.4 Å². The third kappa shape index (κ3) is 4.37. The Morgan fingerprint density at radius 1 is 1.19 bits per heavy atom. The van der Waals surface area contributed by atoms with Crippen molar-refractivity contribution in [2.45, 2.75) is 64.4 Å². The first kappa shape index (κ1) is 18.7. The smallest absolute Gasteiger partial charge is 0.407 e. The molecule has 2 aliphatic rings. The number of ether oxygens (including phenoxy) is 1. The van der Waals surface area contributed by atoms with Gasteiger partial charge in [-0.3, -0.25) is 4.79 Å². The van der Waals surface area contributed by atoms with Crippen LogP contribution in [-0.4, -0.2) is 29.3 Å². The number of amides is 1. The number of benzene rings is 1. The molecular weight excluding hydrogens is 330 g/mol. The number of carboxylic acid groups (broad SMARTS) is 1. The summed E-state index contributed by atoms with van der Waals surface area (Å²) in [5.74, 6) is -0.104. The highest BCUT2D eigenvalue weighted by molar-refractivity contribution is 5.77. The summed E-state index contributed by atoms with van der Waals surface area (Å²) in [5.41, 5.74) is 1.03. The highest BCUT2D eigenvalue weighted by Crippen LogP contribution is 2.48. The molecule has 2 unspecified atom stereocenters. The van der Waals surface area contributed by atoms with E-state index in [-0.39, 0.29) is 12.5 Å². The molecule has 1 aromatic rings. The Bertz CT molecular complexity index is 689. The summed E-state index contributed by atoms with van der Waals surface area (Å²) < 4.78 is 5.29. The van der Waals surface area contributed by atoms with Gasteiger partial charge in [0.2, 0.25) is 0 Å². The van der Waals surface area contributed by atoms with Gasteiger partial charge in [-0.1, -0.05) is 37.1 Å².